The highest BCUT2D eigenvalue weighted by Crippen LogP contribution is 2.22. The molecule has 0 aliphatic carbocycles. The Balaban J connectivity index is 1.59. The molecule has 7 heteroatoms. The van der Waals surface area contributed by atoms with Crippen molar-refractivity contribution in [3.05, 3.63) is 29.8 Å². The van der Waals surface area contributed by atoms with Gasteiger partial charge < -0.3 is 19.4 Å². The van der Waals surface area contributed by atoms with Gasteiger partial charge in [0.1, 0.15) is 0 Å². The van der Waals surface area contributed by atoms with Gasteiger partial charge in [0, 0.05) is 44.4 Å². The molecule has 0 saturated carbocycles. The first-order valence-electron chi connectivity index (χ1n) is 8.57. The SMILES string of the molecule is CN(CC(=O)N1CCOCC1)C(=O)c1ccc(N2CCCC2=O)cc1. The lowest BCUT2D eigenvalue weighted by Gasteiger charge is -2.28. The Labute approximate surface area is 147 Å². The lowest BCUT2D eigenvalue weighted by atomic mass is 10.1. The van der Waals surface area contributed by atoms with Crippen LogP contribution in [0.1, 0.15) is 23.2 Å². The first-order chi connectivity index (χ1) is 12.1. The maximum atomic E-state index is 12.5. The monoisotopic (exact) mass is 345 g/mol. The van der Waals surface area contributed by atoms with Gasteiger partial charge in [-0.3, -0.25) is 14.4 Å². The van der Waals surface area contributed by atoms with Crippen LogP contribution in [0, 0.1) is 0 Å². The number of amides is 3. The normalized spacial score (nSPS) is 17.7. The maximum absolute atomic E-state index is 12.5. The number of nitrogens with zero attached hydrogens (tertiary/aromatic N) is 3. The highest BCUT2D eigenvalue weighted by Gasteiger charge is 2.23. The van der Waals surface area contributed by atoms with Crippen molar-refractivity contribution in [2.24, 2.45) is 0 Å². The first kappa shape index (κ1) is 17.4. The van der Waals surface area contributed by atoms with E-state index in [-0.39, 0.29) is 24.3 Å². The minimum absolute atomic E-state index is 0.0468. The van der Waals surface area contributed by atoms with E-state index in [1.54, 1.807) is 41.1 Å². The van der Waals surface area contributed by atoms with Crippen molar-refractivity contribution in [2.75, 3.05) is 51.3 Å². The number of rotatable bonds is 4. The van der Waals surface area contributed by atoms with Gasteiger partial charge in [-0.15, -0.1) is 0 Å². The molecule has 2 aliphatic rings. The van der Waals surface area contributed by atoms with Crippen molar-refractivity contribution >= 4 is 23.4 Å². The zero-order valence-electron chi connectivity index (χ0n) is 14.4. The molecule has 0 radical (unpaired) electrons. The summed E-state index contributed by atoms with van der Waals surface area (Å²) in [7, 11) is 1.62. The predicted molar refractivity (Wildman–Crippen MR) is 92.4 cm³/mol. The average Bonchev–Trinajstić information content (AvgIpc) is 3.08. The lowest BCUT2D eigenvalue weighted by Crippen LogP contribution is -2.46. The van der Waals surface area contributed by atoms with Crippen LogP contribution >= 0.6 is 0 Å². The third-order valence-electron chi connectivity index (χ3n) is 4.58. The van der Waals surface area contributed by atoms with Gasteiger partial charge in [0.05, 0.1) is 19.8 Å². The van der Waals surface area contributed by atoms with E-state index in [1.807, 2.05) is 0 Å². The fraction of sp³-hybridized carbons (Fsp3) is 0.500. The first-order valence-corrected chi connectivity index (χ1v) is 8.57. The third kappa shape index (κ3) is 3.99. The molecule has 3 rings (SSSR count). The number of benzene rings is 1. The second kappa shape index (κ2) is 7.65. The highest BCUT2D eigenvalue weighted by atomic mass is 16.5. The predicted octanol–water partition coefficient (Wildman–Crippen LogP) is 0.744. The van der Waals surface area contributed by atoms with Gasteiger partial charge in [-0.2, -0.15) is 0 Å². The van der Waals surface area contributed by atoms with Gasteiger partial charge in [-0.25, -0.2) is 0 Å². The molecule has 0 N–H and O–H groups in total. The molecule has 0 unspecified atom stereocenters. The minimum Gasteiger partial charge on any atom is -0.378 e. The molecule has 2 fully saturated rings. The average molecular weight is 345 g/mol. The van der Waals surface area contributed by atoms with Crippen LogP contribution in [-0.2, 0) is 14.3 Å². The zero-order chi connectivity index (χ0) is 17.8. The van der Waals surface area contributed by atoms with Gasteiger partial charge in [0.2, 0.25) is 11.8 Å². The zero-order valence-corrected chi connectivity index (χ0v) is 14.4. The fourth-order valence-corrected chi connectivity index (χ4v) is 3.11. The summed E-state index contributed by atoms with van der Waals surface area (Å²) >= 11 is 0. The molecule has 134 valence electrons. The second-order valence-corrected chi connectivity index (χ2v) is 6.35. The number of anilines is 1. The van der Waals surface area contributed by atoms with E-state index >= 15 is 0 Å². The van der Waals surface area contributed by atoms with Crippen molar-refractivity contribution in [1.82, 2.24) is 9.80 Å². The molecule has 1 aromatic carbocycles. The van der Waals surface area contributed by atoms with E-state index in [1.165, 1.54) is 4.90 Å². The number of ether oxygens (including phenoxy) is 1. The summed E-state index contributed by atoms with van der Waals surface area (Å²) in [5.74, 6) is -0.161. The van der Waals surface area contributed by atoms with Crippen molar-refractivity contribution in [3.8, 4) is 0 Å². The van der Waals surface area contributed by atoms with Crippen molar-refractivity contribution in [3.63, 3.8) is 0 Å². The summed E-state index contributed by atoms with van der Waals surface area (Å²) < 4.78 is 5.23. The number of carbonyl (C=O) groups excluding carboxylic acids is 3. The molecule has 3 amide bonds. The Morgan fingerprint density at radius 3 is 2.40 bits per heavy atom. The summed E-state index contributed by atoms with van der Waals surface area (Å²) in [5.41, 5.74) is 1.32. The highest BCUT2D eigenvalue weighted by molar-refractivity contribution is 5.98. The molecular weight excluding hydrogens is 322 g/mol. The topological polar surface area (TPSA) is 70.2 Å². The summed E-state index contributed by atoms with van der Waals surface area (Å²) in [6, 6.07) is 6.99. The van der Waals surface area contributed by atoms with E-state index in [0.29, 0.717) is 38.3 Å². The minimum atomic E-state index is -0.207. The van der Waals surface area contributed by atoms with Crippen molar-refractivity contribution < 1.29 is 19.1 Å². The number of likely N-dealkylation sites (N-methyl/N-ethyl adjacent to an activating group) is 1. The molecule has 0 bridgehead atoms. The van der Waals surface area contributed by atoms with E-state index < -0.39 is 0 Å². The Morgan fingerprint density at radius 1 is 1.12 bits per heavy atom. The van der Waals surface area contributed by atoms with Gasteiger partial charge in [0.25, 0.3) is 5.91 Å². The van der Waals surface area contributed by atoms with E-state index in [2.05, 4.69) is 0 Å². The van der Waals surface area contributed by atoms with Gasteiger partial charge in [-0.1, -0.05) is 0 Å². The smallest absolute Gasteiger partial charge is 0.254 e. The summed E-state index contributed by atoms with van der Waals surface area (Å²) in [5, 5.41) is 0. The number of carbonyl (C=O) groups is 3. The summed E-state index contributed by atoms with van der Waals surface area (Å²) in [6.07, 6.45) is 1.44. The van der Waals surface area contributed by atoms with Crippen molar-refractivity contribution in [1.29, 1.82) is 0 Å². The molecule has 1 aromatic rings. The number of hydrogen-bond donors (Lipinski definition) is 0. The lowest BCUT2D eigenvalue weighted by molar-refractivity contribution is -0.135. The second-order valence-electron chi connectivity index (χ2n) is 6.35. The molecule has 25 heavy (non-hydrogen) atoms. The number of morpholine rings is 1. The van der Waals surface area contributed by atoms with E-state index in [0.717, 1.165) is 18.7 Å². The van der Waals surface area contributed by atoms with Crippen LogP contribution in [0.2, 0.25) is 0 Å². The molecule has 2 aliphatic heterocycles. The van der Waals surface area contributed by atoms with Crippen molar-refractivity contribution in [2.45, 2.75) is 12.8 Å². The molecule has 0 spiro atoms. The largest absolute Gasteiger partial charge is 0.378 e. The van der Waals surface area contributed by atoms with Gasteiger partial charge in [0.15, 0.2) is 0 Å². The fourth-order valence-electron chi connectivity index (χ4n) is 3.11. The Morgan fingerprint density at radius 2 is 1.80 bits per heavy atom. The molecular formula is C18H23N3O4. The third-order valence-corrected chi connectivity index (χ3v) is 4.58. The number of hydrogen-bond acceptors (Lipinski definition) is 4. The molecule has 0 aromatic heterocycles. The Kier molecular flexibility index (Phi) is 5.33. The standard InChI is InChI=1S/C18H23N3O4/c1-19(13-17(23)20-9-11-25-12-10-20)18(24)14-4-6-15(7-5-14)21-8-2-3-16(21)22/h4-7H,2-3,8-13H2,1H3. The van der Waals surface area contributed by atoms with Gasteiger partial charge in [-0.05, 0) is 30.7 Å². The van der Waals surface area contributed by atoms with Crippen LogP contribution < -0.4 is 4.90 Å². The van der Waals surface area contributed by atoms with Crippen LogP contribution in [0.5, 0.6) is 0 Å². The van der Waals surface area contributed by atoms with E-state index in [9.17, 15) is 14.4 Å². The molecule has 2 heterocycles. The van der Waals surface area contributed by atoms with E-state index in [4.69, 9.17) is 4.74 Å². The van der Waals surface area contributed by atoms with Crippen LogP contribution in [0.3, 0.4) is 0 Å². The van der Waals surface area contributed by atoms with Crippen LogP contribution in [0.25, 0.3) is 0 Å². The molecule has 7 nitrogen and oxygen atoms in total. The Bertz CT molecular complexity index is 653. The summed E-state index contributed by atoms with van der Waals surface area (Å²) in [4.78, 5) is 41.4. The molecule has 2 saturated heterocycles. The van der Waals surface area contributed by atoms with Crippen LogP contribution in [-0.4, -0.2) is 74.0 Å². The van der Waals surface area contributed by atoms with Gasteiger partial charge >= 0.3 is 0 Å². The Hall–Kier alpha value is -2.41. The quantitative estimate of drug-likeness (QED) is 0.807. The van der Waals surface area contributed by atoms with Crippen LogP contribution in [0.4, 0.5) is 5.69 Å². The maximum Gasteiger partial charge on any atom is 0.254 e. The molecule has 0 atom stereocenters. The van der Waals surface area contributed by atoms with Crippen LogP contribution in [0.15, 0.2) is 24.3 Å². The summed E-state index contributed by atoms with van der Waals surface area (Å²) in [6.45, 7) is 2.99.